The molecule has 1 unspecified atom stereocenters. The average Bonchev–Trinajstić information content (AvgIpc) is 3.43. The van der Waals surface area contributed by atoms with E-state index in [1.165, 1.54) is 12.1 Å². The molecule has 0 aliphatic heterocycles. The monoisotopic (exact) mass is 316 g/mol. The van der Waals surface area contributed by atoms with Crippen LogP contribution in [-0.2, 0) is 11.1 Å². The van der Waals surface area contributed by atoms with Gasteiger partial charge in [0.15, 0.2) is 0 Å². The van der Waals surface area contributed by atoms with Gasteiger partial charge in [-0.2, -0.15) is 0 Å². The minimum absolute atomic E-state index is 0.0702. The Balaban J connectivity index is 2.16. The van der Waals surface area contributed by atoms with E-state index < -0.39 is 38.1 Å². The third kappa shape index (κ3) is 7.25. The Kier molecular flexibility index (Phi) is 3.60. The number of aryl methyl sites for hydroxylation is 1. The summed E-state index contributed by atoms with van der Waals surface area (Å²) in [5.41, 5.74) is -0.0702. The van der Waals surface area contributed by atoms with Crippen LogP contribution in [0.15, 0.2) is 24.3 Å². The molecule has 1 atom stereocenters. The van der Waals surface area contributed by atoms with E-state index in [2.05, 4.69) is 5.32 Å². The molecule has 1 saturated carbocycles. The molecule has 0 amide bonds. The lowest BCUT2D eigenvalue weighted by Gasteiger charge is -2.15. The number of hydrogen-bond donors (Lipinski definition) is 2. The van der Waals surface area contributed by atoms with Crippen molar-refractivity contribution in [1.82, 2.24) is 5.32 Å². The first kappa shape index (κ1) is 8.67. The molecule has 1 aromatic carbocycles. The molecule has 4 heteroatoms. The molecule has 2 rings (SSSR count). The predicted octanol–water partition coefficient (Wildman–Crippen LogP) is 2.39. The van der Waals surface area contributed by atoms with Gasteiger partial charge in [-0.3, -0.25) is 0 Å². The summed E-state index contributed by atoms with van der Waals surface area (Å²) in [5.74, 6) is 0.0499. The fourth-order valence-corrected chi connectivity index (χ4v) is 1.49. The van der Waals surface area contributed by atoms with Crippen LogP contribution in [0.4, 0.5) is 0 Å². The molecule has 0 heterocycles. The molecule has 0 spiro atoms. The summed E-state index contributed by atoms with van der Waals surface area (Å²) >= 11 is 0. The Hall–Kier alpha value is -1.10. The van der Waals surface area contributed by atoms with Crippen molar-refractivity contribution in [2.24, 2.45) is 5.92 Å². The van der Waals surface area contributed by atoms with Crippen LogP contribution in [0, 0.1) is 5.92 Å². The molecule has 1 fully saturated rings. The van der Waals surface area contributed by atoms with Crippen molar-refractivity contribution in [1.29, 1.82) is 0 Å². The van der Waals surface area contributed by atoms with Crippen LogP contribution in [0.3, 0.4) is 0 Å². The highest BCUT2D eigenvalue weighted by Gasteiger charge is 2.20. The van der Waals surface area contributed by atoms with Gasteiger partial charge in [0, 0.05) is 24.6 Å². The fraction of sp³-hybridized carbons (Fsp3) is 0.667. The van der Waals surface area contributed by atoms with Crippen molar-refractivity contribution < 1.29 is 26.9 Å². The third-order valence-corrected chi connectivity index (χ3v) is 2.88. The topological polar surface area (TPSA) is 50.7 Å². The van der Waals surface area contributed by atoms with E-state index in [-0.39, 0.29) is 23.8 Å². The normalized spacial score (nSPS) is 26.1. The molecule has 0 bridgehead atoms. The smallest absolute Gasteiger partial charge is 0.119 e. The standard InChI is InChI=1S/C18H29NO3/c1-14(2)19-11-17(20)13-22-18-7-5-15(6-8-18)9-10-21-12-16-3-4-16/h5-8,14,16-17,19-20H,3-4,9-13H2,1-2H3/i9D2,10D2,11D2,13D2,17D. The second kappa shape index (κ2) is 9.13. The number of ether oxygens (including phenoxy) is 2. The van der Waals surface area contributed by atoms with Crippen LogP contribution < -0.4 is 10.1 Å². The maximum Gasteiger partial charge on any atom is 0.119 e. The summed E-state index contributed by atoms with van der Waals surface area (Å²) in [7, 11) is 0. The van der Waals surface area contributed by atoms with E-state index in [9.17, 15) is 5.11 Å². The van der Waals surface area contributed by atoms with Crippen LogP contribution in [0.2, 0.25) is 0 Å². The highest BCUT2D eigenvalue weighted by molar-refractivity contribution is 5.27. The SMILES string of the molecule is [2H]C([2H])(NC(C)C)C([2H])(O)C([2H])([2H])Oc1ccc(C([2H])([2H])C([2H])([2H])OCC2CC2)cc1. The van der Waals surface area contributed by atoms with Crippen molar-refractivity contribution in [2.75, 3.05) is 26.2 Å². The Morgan fingerprint density at radius 3 is 2.73 bits per heavy atom. The summed E-state index contributed by atoms with van der Waals surface area (Å²) in [6, 6.07) is 4.20. The number of aliphatic hydroxyl groups is 1. The first-order chi connectivity index (χ1) is 13.9. The summed E-state index contributed by atoms with van der Waals surface area (Å²) in [6.07, 6.45) is -3.97. The highest BCUT2D eigenvalue weighted by Crippen LogP contribution is 2.28. The molecule has 0 radical (unpaired) electrons. The zero-order valence-corrected chi connectivity index (χ0v) is 12.8. The van der Waals surface area contributed by atoms with Gasteiger partial charge < -0.3 is 19.9 Å². The lowest BCUT2D eigenvalue weighted by atomic mass is 10.1. The van der Waals surface area contributed by atoms with Crippen molar-refractivity contribution in [3.8, 4) is 5.75 Å². The summed E-state index contributed by atoms with van der Waals surface area (Å²) in [4.78, 5) is 0. The van der Waals surface area contributed by atoms with Gasteiger partial charge in [-0.25, -0.2) is 0 Å². The summed E-state index contributed by atoms with van der Waals surface area (Å²) in [5, 5.41) is 12.6. The first-order valence-electron chi connectivity index (χ1n) is 11.9. The molecule has 1 aromatic rings. The third-order valence-electron chi connectivity index (χ3n) is 2.88. The van der Waals surface area contributed by atoms with Gasteiger partial charge in [0.25, 0.3) is 0 Å². The molecular formula is C18H29NO3. The van der Waals surface area contributed by atoms with Gasteiger partial charge in [0.05, 0.1) is 13.4 Å². The predicted molar refractivity (Wildman–Crippen MR) is 88.3 cm³/mol. The van der Waals surface area contributed by atoms with Gasteiger partial charge in [0.1, 0.15) is 18.4 Å². The Labute approximate surface area is 146 Å². The van der Waals surface area contributed by atoms with Crippen molar-refractivity contribution in [3.63, 3.8) is 0 Å². The first-order valence-corrected chi connectivity index (χ1v) is 7.36. The second-order valence-corrected chi connectivity index (χ2v) is 5.48. The van der Waals surface area contributed by atoms with Crippen molar-refractivity contribution in [2.45, 2.75) is 45.2 Å². The lowest BCUT2D eigenvalue weighted by Crippen LogP contribution is -2.35. The average molecular weight is 316 g/mol. The molecule has 4 nitrogen and oxygen atoms in total. The Morgan fingerprint density at radius 2 is 2.09 bits per heavy atom. The summed E-state index contributed by atoms with van der Waals surface area (Å²) in [6.45, 7) is -5.35. The van der Waals surface area contributed by atoms with Crippen LogP contribution >= 0.6 is 0 Å². The van der Waals surface area contributed by atoms with Crippen molar-refractivity contribution in [3.05, 3.63) is 29.8 Å². The van der Waals surface area contributed by atoms with Crippen molar-refractivity contribution >= 4 is 0 Å². The van der Waals surface area contributed by atoms with E-state index in [0.29, 0.717) is 0 Å². The highest BCUT2D eigenvalue weighted by atomic mass is 16.5. The Bertz CT molecular complexity index is 750. The van der Waals surface area contributed by atoms with E-state index >= 15 is 0 Å². The van der Waals surface area contributed by atoms with Gasteiger partial charge >= 0.3 is 0 Å². The van der Waals surface area contributed by atoms with Crippen LogP contribution in [0.1, 0.15) is 44.6 Å². The molecule has 0 aromatic heterocycles. The molecule has 2 N–H and O–H groups in total. The second-order valence-electron chi connectivity index (χ2n) is 5.48. The Morgan fingerprint density at radius 1 is 1.36 bits per heavy atom. The van der Waals surface area contributed by atoms with E-state index in [4.69, 9.17) is 21.8 Å². The molecule has 1 aliphatic rings. The molecular weight excluding hydrogens is 278 g/mol. The van der Waals surface area contributed by atoms with Gasteiger partial charge in [0.2, 0.25) is 0 Å². The fourth-order valence-electron chi connectivity index (χ4n) is 1.49. The van der Waals surface area contributed by atoms with Gasteiger partial charge in [-0.15, -0.1) is 0 Å². The minimum Gasteiger partial charge on any atom is -0.491 e. The van der Waals surface area contributed by atoms with E-state index in [1.807, 2.05) is 0 Å². The quantitative estimate of drug-likeness (QED) is 0.658. The zero-order chi connectivity index (χ0) is 23.9. The maximum absolute atomic E-state index is 10.3. The van der Waals surface area contributed by atoms with Crippen LogP contribution in [-0.4, -0.2) is 43.5 Å². The van der Waals surface area contributed by atoms with Crippen LogP contribution in [0.5, 0.6) is 5.75 Å². The molecule has 1 aliphatic carbocycles. The largest absolute Gasteiger partial charge is 0.491 e. The number of benzene rings is 1. The zero-order valence-electron chi connectivity index (χ0n) is 21.8. The number of hydrogen-bond acceptors (Lipinski definition) is 4. The van der Waals surface area contributed by atoms with Gasteiger partial charge in [-0.1, -0.05) is 26.0 Å². The minimum atomic E-state index is -3.33. The molecule has 0 saturated heterocycles. The maximum atomic E-state index is 10.3. The van der Waals surface area contributed by atoms with E-state index in [1.54, 1.807) is 13.8 Å². The molecule has 124 valence electrons. The number of nitrogens with one attached hydrogen (secondary N) is 1. The summed E-state index contributed by atoms with van der Waals surface area (Å²) < 4.78 is 81.8. The van der Waals surface area contributed by atoms with E-state index in [0.717, 1.165) is 25.0 Å². The van der Waals surface area contributed by atoms with Gasteiger partial charge in [-0.05, 0) is 42.8 Å². The molecule has 22 heavy (non-hydrogen) atoms. The number of rotatable bonds is 11. The van der Waals surface area contributed by atoms with Crippen LogP contribution in [0.25, 0.3) is 0 Å². The lowest BCUT2D eigenvalue weighted by molar-refractivity contribution is 0.104.